The second-order valence-electron chi connectivity index (χ2n) is 15.8. The molecule has 1 saturated heterocycles. The Bertz CT molecular complexity index is 1520. The Labute approximate surface area is 285 Å². The first-order valence-corrected chi connectivity index (χ1v) is 17.0. The molecule has 3 unspecified atom stereocenters. The number of fused-ring (bicyclic) bond motifs is 9. The number of aliphatic hydroxyl groups is 2. The van der Waals surface area contributed by atoms with E-state index < -0.39 is 106 Å². The molecule has 0 aromatic heterocycles. The van der Waals surface area contributed by atoms with Crippen molar-refractivity contribution in [2.75, 3.05) is 20.3 Å². The molecule has 2 heterocycles. The molecule has 0 aromatic rings. The minimum atomic E-state index is -1.75. The fourth-order valence-corrected chi connectivity index (χ4v) is 11.9. The maximum atomic E-state index is 13.7. The van der Waals surface area contributed by atoms with Crippen LogP contribution in [0.5, 0.6) is 0 Å². The molecule has 0 bridgehead atoms. The lowest BCUT2D eigenvalue weighted by Crippen LogP contribution is -2.82. The molecule has 13 nitrogen and oxygen atoms in total. The second-order valence-corrected chi connectivity index (χ2v) is 15.8. The van der Waals surface area contributed by atoms with E-state index in [-0.39, 0.29) is 18.9 Å². The summed E-state index contributed by atoms with van der Waals surface area (Å²) in [4.78, 5) is 64.8. The van der Waals surface area contributed by atoms with Crippen LogP contribution in [-0.2, 0) is 52.4 Å². The van der Waals surface area contributed by atoms with Gasteiger partial charge in [0.25, 0.3) is 0 Å². The van der Waals surface area contributed by atoms with E-state index >= 15 is 0 Å². The SMILES string of the molecule is C=C1C[C@@]2(O)C3CC[C@]4(C)C(CC[C@@]5(C(C)OC(=O)CO)COC(=O)C=C[C@H]54)[C@@]3(C)[C@H](OC(C)=O)[C@H](OC(C)=O)[C@@]2(C)[C@]2(C(=O)OC)O[C@H]12. The minimum absolute atomic E-state index is 0.0303. The summed E-state index contributed by atoms with van der Waals surface area (Å²) < 4.78 is 35.2. The highest BCUT2D eigenvalue weighted by molar-refractivity contribution is 5.87. The van der Waals surface area contributed by atoms with Crippen LogP contribution in [0.4, 0.5) is 0 Å². The van der Waals surface area contributed by atoms with Crippen LogP contribution < -0.4 is 0 Å². The van der Waals surface area contributed by atoms with Crippen molar-refractivity contribution in [2.45, 2.75) is 109 Å². The summed E-state index contributed by atoms with van der Waals surface area (Å²) >= 11 is 0. The van der Waals surface area contributed by atoms with Crippen LogP contribution in [0.3, 0.4) is 0 Å². The highest BCUT2D eigenvalue weighted by Gasteiger charge is 2.90. The van der Waals surface area contributed by atoms with Crippen LogP contribution in [0.25, 0.3) is 0 Å². The molecule has 2 N–H and O–H groups in total. The number of aliphatic hydroxyl groups excluding tert-OH is 1. The van der Waals surface area contributed by atoms with Crippen LogP contribution in [-0.4, -0.2) is 96.0 Å². The number of cyclic esters (lactones) is 1. The number of hydrogen-bond acceptors (Lipinski definition) is 13. The van der Waals surface area contributed by atoms with Gasteiger partial charge in [0.2, 0.25) is 5.60 Å². The Morgan fingerprint density at radius 1 is 1.04 bits per heavy atom. The number of methoxy groups -OCH3 is 1. The van der Waals surface area contributed by atoms with Crippen molar-refractivity contribution in [3.05, 3.63) is 24.3 Å². The maximum absolute atomic E-state index is 13.7. The molecule has 13 heteroatoms. The highest BCUT2D eigenvalue weighted by atomic mass is 16.7. The predicted molar refractivity (Wildman–Crippen MR) is 168 cm³/mol. The molecule has 49 heavy (non-hydrogen) atoms. The monoisotopic (exact) mass is 688 g/mol. The van der Waals surface area contributed by atoms with E-state index in [1.807, 2.05) is 13.0 Å². The van der Waals surface area contributed by atoms with E-state index in [2.05, 4.69) is 13.5 Å². The van der Waals surface area contributed by atoms with Gasteiger partial charge in [0.1, 0.15) is 31.5 Å². The van der Waals surface area contributed by atoms with Crippen molar-refractivity contribution in [1.82, 2.24) is 0 Å². The normalized spacial score (nSPS) is 46.9. The van der Waals surface area contributed by atoms with Crippen LogP contribution in [0.15, 0.2) is 24.3 Å². The first-order chi connectivity index (χ1) is 22.8. The molecule has 6 rings (SSSR count). The van der Waals surface area contributed by atoms with Gasteiger partial charge >= 0.3 is 29.8 Å². The van der Waals surface area contributed by atoms with Crippen molar-refractivity contribution >= 4 is 29.8 Å². The number of rotatable bonds is 6. The van der Waals surface area contributed by atoms with Crippen LogP contribution >= 0.6 is 0 Å². The van der Waals surface area contributed by atoms with Crippen molar-refractivity contribution in [1.29, 1.82) is 0 Å². The zero-order valence-electron chi connectivity index (χ0n) is 29.2. The largest absolute Gasteiger partial charge is 0.467 e. The van der Waals surface area contributed by atoms with Crippen LogP contribution in [0.1, 0.15) is 73.6 Å². The number of ether oxygens (including phenoxy) is 6. The Hall–Kier alpha value is -3.29. The lowest BCUT2D eigenvalue weighted by molar-refractivity contribution is -0.336. The number of hydrogen-bond donors (Lipinski definition) is 2. The average Bonchev–Trinajstić information content (AvgIpc) is 3.82. The molecule has 0 aromatic carbocycles. The molecule has 0 radical (unpaired) electrons. The predicted octanol–water partition coefficient (Wildman–Crippen LogP) is 2.34. The minimum Gasteiger partial charge on any atom is -0.467 e. The molecule has 13 atom stereocenters. The van der Waals surface area contributed by atoms with Gasteiger partial charge in [-0.25, -0.2) is 14.4 Å². The second kappa shape index (κ2) is 11.4. The zero-order chi connectivity index (χ0) is 36.1. The summed E-state index contributed by atoms with van der Waals surface area (Å²) in [5.41, 5.74) is -7.21. The Balaban J connectivity index is 1.56. The topological polar surface area (TPSA) is 184 Å². The summed E-state index contributed by atoms with van der Waals surface area (Å²) in [6.07, 6.45) is 0.995. The molecule has 5 fully saturated rings. The zero-order valence-corrected chi connectivity index (χ0v) is 29.2. The number of carbonyl (C=O) groups excluding carboxylic acids is 5. The molecule has 270 valence electrons. The van der Waals surface area contributed by atoms with E-state index in [0.29, 0.717) is 31.3 Å². The summed E-state index contributed by atoms with van der Waals surface area (Å²) in [6, 6.07) is 0. The van der Waals surface area contributed by atoms with Crippen LogP contribution in [0, 0.1) is 39.4 Å². The molecule has 0 amide bonds. The summed E-state index contributed by atoms with van der Waals surface area (Å²) in [5.74, 6) is -4.75. The first kappa shape index (κ1) is 35.5. The Morgan fingerprint density at radius 2 is 1.67 bits per heavy atom. The van der Waals surface area contributed by atoms with Crippen molar-refractivity contribution in [2.24, 2.45) is 39.4 Å². The van der Waals surface area contributed by atoms with Gasteiger partial charge < -0.3 is 38.6 Å². The summed E-state index contributed by atoms with van der Waals surface area (Å²) in [5, 5.41) is 22.8. The number of epoxide rings is 1. The molecular formula is C36H48O13. The third-order valence-corrected chi connectivity index (χ3v) is 13.9. The maximum Gasteiger partial charge on any atom is 0.342 e. The van der Waals surface area contributed by atoms with Gasteiger partial charge in [-0.05, 0) is 68.3 Å². The van der Waals surface area contributed by atoms with Gasteiger partial charge in [-0.1, -0.05) is 26.5 Å². The van der Waals surface area contributed by atoms with Crippen molar-refractivity contribution in [3.63, 3.8) is 0 Å². The van der Waals surface area contributed by atoms with E-state index in [9.17, 15) is 34.2 Å². The van der Waals surface area contributed by atoms with Crippen molar-refractivity contribution < 1.29 is 62.6 Å². The fourth-order valence-electron chi connectivity index (χ4n) is 11.9. The van der Waals surface area contributed by atoms with Gasteiger partial charge in [-0.3, -0.25) is 9.59 Å². The standard InChI is InChI=1S/C36H48O13/c1-18-15-35(43)24-11-13-31(5)22(12-14-34(19(2)46-26(41)16-37)17-45-25(40)10-9-23(31)34)32(24,6)28(47-20(3)38)29(48-21(4)39)33(35,7)36(27(18)49-36)30(42)44-8/h9-10,19,22-24,27-29,37,43H,1,11-17H2,2-8H3/t19?,22?,23-,24?,27+,28+,29-,31+,32+,33+,34-,35+,36-/m0/s1. The molecule has 0 spiro atoms. The molecule has 6 aliphatic rings. The highest BCUT2D eigenvalue weighted by Crippen LogP contribution is 2.78. The van der Waals surface area contributed by atoms with E-state index in [0.717, 1.165) is 0 Å². The lowest BCUT2D eigenvalue weighted by atomic mass is 9.32. The molecular weight excluding hydrogens is 640 g/mol. The van der Waals surface area contributed by atoms with Gasteiger partial charge in [-0.2, -0.15) is 0 Å². The van der Waals surface area contributed by atoms with E-state index in [1.54, 1.807) is 13.8 Å². The summed E-state index contributed by atoms with van der Waals surface area (Å²) in [7, 11) is 1.22. The number of carbonyl (C=O) groups is 5. The Morgan fingerprint density at radius 3 is 2.29 bits per heavy atom. The van der Waals surface area contributed by atoms with E-state index in [4.69, 9.17) is 28.4 Å². The third kappa shape index (κ3) is 4.43. The van der Waals surface area contributed by atoms with Gasteiger partial charge in [-0.15, -0.1) is 0 Å². The van der Waals surface area contributed by atoms with Gasteiger partial charge in [0.15, 0.2) is 6.10 Å². The lowest BCUT2D eigenvalue weighted by Gasteiger charge is -2.73. The third-order valence-electron chi connectivity index (χ3n) is 13.9. The summed E-state index contributed by atoms with van der Waals surface area (Å²) in [6.45, 7) is 13.3. The number of esters is 5. The molecule has 2 aliphatic heterocycles. The molecule has 4 saturated carbocycles. The van der Waals surface area contributed by atoms with E-state index in [1.165, 1.54) is 27.0 Å². The number of allylic oxidation sites excluding steroid dienone is 1. The fraction of sp³-hybridized carbons (Fsp3) is 0.750. The van der Waals surface area contributed by atoms with Crippen LogP contribution in [0.2, 0.25) is 0 Å². The Kier molecular flexibility index (Phi) is 8.24. The van der Waals surface area contributed by atoms with Crippen molar-refractivity contribution in [3.8, 4) is 0 Å². The quantitative estimate of drug-likeness (QED) is 0.180. The first-order valence-electron chi connectivity index (χ1n) is 17.0. The van der Waals surface area contributed by atoms with Gasteiger partial charge in [0.05, 0.1) is 18.1 Å². The van der Waals surface area contributed by atoms with Gasteiger partial charge in [0, 0.05) is 37.2 Å². The smallest absolute Gasteiger partial charge is 0.342 e. The average molecular weight is 689 g/mol. The molecule has 4 aliphatic carbocycles.